The van der Waals surface area contributed by atoms with Crippen molar-refractivity contribution in [2.24, 2.45) is 11.1 Å². The van der Waals surface area contributed by atoms with Gasteiger partial charge in [0.15, 0.2) is 0 Å². The van der Waals surface area contributed by atoms with Crippen LogP contribution in [0.3, 0.4) is 0 Å². The third kappa shape index (κ3) is 3.73. The number of sulfonamides is 1. The van der Waals surface area contributed by atoms with Crippen LogP contribution in [0.2, 0.25) is 0 Å². The molecule has 1 saturated heterocycles. The highest BCUT2D eigenvalue weighted by molar-refractivity contribution is 7.89. The fourth-order valence-corrected chi connectivity index (χ4v) is 4.06. The molecule has 0 unspecified atom stereocenters. The van der Waals surface area contributed by atoms with Gasteiger partial charge in [-0.1, -0.05) is 13.3 Å². The van der Waals surface area contributed by atoms with Crippen molar-refractivity contribution in [2.45, 2.75) is 31.2 Å². The number of rotatable bonds is 4. The van der Waals surface area contributed by atoms with Crippen LogP contribution in [-0.2, 0) is 10.0 Å². The van der Waals surface area contributed by atoms with Gasteiger partial charge in [0.1, 0.15) is 0 Å². The number of hydrogen-bond donors (Lipinski definition) is 1. The first kappa shape index (κ1) is 17.9. The standard InChI is InChI=1S/C16H25N3O3S/c1-5-12-9-19(10-14(12)18(3)4)16(20)13-6-7-15(11(2)8-13)23(17,21)22/h6-8,12,14H,5,9-10H2,1-4H3,(H2,17,21,22)/t12-,14+/m1/s1. The molecule has 0 radical (unpaired) electrons. The van der Waals surface area contributed by atoms with Crippen LogP contribution in [0.1, 0.15) is 29.3 Å². The van der Waals surface area contributed by atoms with Gasteiger partial charge in [-0.25, -0.2) is 13.6 Å². The van der Waals surface area contributed by atoms with E-state index in [1.165, 1.54) is 6.07 Å². The normalized spacial score (nSPS) is 21.9. The van der Waals surface area contributed by atoms with Crippen LogP contribution in [0.4, 0.5) is 0 Å². The summed E-state index contributed by atoms with van der Waals surface area (Å²) in [6.45, 7) is 5.21. The molecule has 0 bridgehead atoms. The Morgan fingerprint density at radius 1 is 1.35 bits per heavy atom. The number of primary sulfonamides is 1. The van der Waals surface area contributed by atoms with E-state index in [4.69, 9.17) is 5.14 Å². The first-order valence-corrected chi connectivity index (χ1v) is 9.29. The molecule has 2 rings (SSSR count). The number of carbonyl (C=O) groups is 1. The van der Waals surface area contributed by atoms with Gasteiger partial charge in [-0.2, -0.15) is 0 Å². The van der Waals surface area contributed by atoms with E-state index in [2.05, 4.69) is 11.8 Å². The lowest BCUT2D eigenvalue weighted by Crippen LogP contribution is -2.36. The molecule has 2 N–H and O–H groups in total. The number of likely N-dealkylation sites (N-methyl/N-ethyl adjacent to an activating group) is 1. The van der Waals surface area contributed by atoms with Crippen molar-refractivity contribution in [3.05, 3.63) is 29.3 Å². The number of aryl methyl sites for hydroxylation is 1. The molecule has 1 fully saturated rings. The van der Waals surface area contributed by atoms with Crippen LogP contribution in [0.15, 0.2) is 23.1 Å². The Hall–Kier alpha value is -1.44. The Bertz CT molecular complexity index is 701. The van der Waals surface area contributed by atoms with Gasteiger partial charge in [-0.05, 0) is 50.7 Å². The van der Waals surface area contributed by atoms with Crippen molar-refractivity contribution < 1.29 is 13.2 Å². The number of benzene rings is 1. The van der Waals surface area contributed by atoms with Gasteiger partial charge in [-0.3, -0.25) is 4.79 Å². The van der Waals surface area contributed by atoms with Crippen molar-refractivity contribution in [2.75, 3.05) is 27.2 Å². The van der Waals surface area contributed by atoms with Gasteiger partial charge in [0.05, 0.1) is 4.90 Å². The molecule has 2 atom stereocenters. The average Bonchev–Trinajstić information content (AvgIpc) is 2.89. The molecule has 0 spiro atoms. The van der Waals surface area contributed by atoms with Crippen LogP contribution in [-0.4, -0.2) is 57.4 Å². The van der Waals surface area contributed by atoms with Gasteiger partial charge in [0, 0.05) is 24.7 Å². The van der Waals surface area contributed by atoms with E-state index in [-0.39, 0.29) is 10.8 Å². The maximum absolute atomic E-state index is 12.7. The number of likely N-dealkylation sites (tertiary alicyclic amines) is 1. The Kier molecular flexibility index (Phi) is 5.13. The molecule has 1 aromatic carbocycles. The molecule has 1 aliphatic heterocycles. The number of nitrogens with two attached hydrogens (primary N) is 1. The average molecular weight is 339 g/mol. The summed E-state index contributed by atoms with van der Waals surface area (Å²) in [6.07, 6.45) is 1.02. The van der Waals surface area contributed by atoms with Crippen molar-refractivity contribution >= 4 is 15.9 Å². The van der Waals surface area contributed by atoms with Gasteiger partial charge in [0.2, 0.25) is 10.0 Å². The summed E-state index contributed by atoms with van der Waals surface area (Å²) in [5.74, 6) is 0.399. The highest BCUT2D eigenvalue weighted by atomic mass is 32.2. The quantitative estimate of drug-likeness (QED) is 0.889. The molecule has 1 heterocycles. The van der Waals surface area contributed by atoms with Gasteiger partial charge < -0.3 is 9.80 Å². The van der Waals surface area contributed by atoms with E-state index in [1.54, 1.807) is 19.1 Å². The van der Waals surface area contributed by atoms with Gasteiger partial charge in [-0.15, -0.1) is 0 Å². The fraction of sp³-hybridized carbons (Fsp3) is 0.562. The van der Waals surface area contributed by atoms with Crippen LogP contribution in [0, 0.1) is 12.8 Å². The minimum absolute atomic E-state index is 0.0585. The Morgan fingerprint density at radius 2 is 2.00 bits per heavy atom. The molecule has 1 amide bonds. The van der Waals surface area contributed by atoms with Crippen molar-refractivity contribution in [1.82, 2.24) is 9.80 Å². The molecule has 1 aliphatic rings. The summed E-state index contributed by atoms with van der Waals surface area (Å²) in [6, 6.07) is 4.91. The van der Waals surface area contributed by atoms with E-state index in [0.717, 1.165) is 13.0 Å². The zero-order valence-corrected chi connectivity index (χ0v) is 14.9. The topological polar surface area (TPSA) is 83.7 Å². The molecule has 0 saturated carbocycles. The van der Waals surface area contributed by atoms with Crippen LogP contribution in [0.5, 0.6) is 0 Å². The summed E-state index contributed by atoms with van der Waals surface area (Å²) < 4.78 is 22.9. The predicted molar refractivity (Wildman–Crippen MR) is 89.7 cm³/mol. The second-order valence-corrected chi connectivity index (χ2v) is 7.96. The molecule has 6 nitrogen and oxygen atoms in total. The zero-order valence-electron chi connectivity index (χ0n) is 14.1. The highest BCUT2D eigenvalue weighted by Crippen LogP contribution is 2.25. The lowest BCUT2D eigenvalue weighted by atomic mass is 10.0. The number of carbonyl (C=O) groups excluding carboxylic acids is 1. The second-order valence-electron chi connectivity index (χ2n) is 6.43. The summed E-state index contributed by atoms with van der Waals surface area (Å²) in [7, 11) is 0.309. The Labute approximate surface area is 138 Å². The third-order valence-electron chi connectivity index (χ3n) is 4.61. The molecular weight excluding hydrogens is 314 g/mol. The molecule has 7 heteroatoms. The maximum Gasteiger partial charge on any atom is 0.253 e. The lowest BCUT2D eigenvalue weighted by Gasteiger charge is -2.23. The second kappa shape index (κ2) is 6.59. The van der Waals surface area contributed by atoms with Crippen molar-refractivity contribution in [1.29, 1.82) is 0 Å². The molecule has 1 aromatic rings. The van der Waals surface area contributed by atoms with Gasteiger partial charge in [0.25, 0.3) is 5.91 Å². The first-order chi connectivity index (χ1) is 10.6. The van der Waals surface area contributed by atoms with E-state index in [0.29, 0.717) is 29.6 Å². The van der Waals surface area contributed by atoms with Crippen LogP contribution in [0.25, 0.3) is 0 Å². The van der Waals surface area contributed by atoms with E-state index < -0.39 is 10.0 Å². The predicted octanol–water partition coefficient (Wildman–Crippen LogP) is 1.05. The summed E-state index contributed by atoms with van der Waals surface area (Å²) in [4.78, 5) is 16.8. The Balaban J connectivity index is 2.23. The summed E-state index contributed by atoms with van der Waals surface area (Å²) in [5, 5.41) is 5.16. The SMILES string of the molecule is CC[C@@H]1CN(C(=O)c2ccc(S(N)(=O)=O)c(C)c2)C[C@@H]1N(C)C. The fourth-order valence-electron chi connectivity index (χ4n) is 3.29. The van der Waals surface area contributed by atoms with Crippen molar-refractivity contribution in [3.8, 4) is 0 Å². The molecule has 0 aliphatic carbocycles. The van der Waals surface area contributed by atoms with Gasteiger partial charge >= 0.3 is 0 Å². The zero-order chi connectivity index (χ0) is 17.4. The first-order valence-electron chi connectivity index (χ1n) is 7.74. The van der Waals surface area contributed by atoms with Crippen molar-refractivity contribution in [3.63, 3.8) is 0 Å². The monoisotopic (exact) mass is 339 g/mol. The number of amides is 1. The van der Waals surface area contributed by atoms with E-state index >= 15 is 0 Å². The number of nitrogens with zero attached hydrogens (tertiary/aromatic N) is 2. The lowest BCUT2D eigenvalue weighted by molar-refractivity contribution is 0.0781. The molecule has 0 aromatic heterocycles. The third-order valence-corrected chi connectivity index (χ3v) is 5.68. The summed E-state index contributed by atoms with van der Waals surface area (Å²) >= 11 is 0. The smallest absolute Gasteiger partial charge is 0.253 e. The molecular formula is C16H25N3O3S. The van der Waals surface area contributed by atoms with E-state index in [9.17, 15) is 13.2 Å². The van der Waals surface area contributed by atoms with Crippen LogP contribution < -0.4 is 5.14 Å². The highest BCUT2D eigenvalue weighted by Gasteiger charge is 2.35. The summed E-state index contributed by atoms with van der Waals surface area (Å²) in [5.41, 5.74) is 0.998. The van der Waals surface area contributed by atoms with E-state index in [1.807, 2.05) is 19.0 Å². The molecule has 23 heavy (non-hydrogen) atoms. The molecule has 128 valence electrons. The van der Waals surface area contributed by atoms with Crippen LogP contribution >= 0.6 is 0 Å². The Morgan fingerprint density at radius 3 is 2.43 bits per heavy atom. The minimum Gasteiger partial charge on any atom is -0.337 e. The minimum atomic E-state index is -3.76. The largest absolute Gasteiger partial charge is 0.337 e. The maximum atomic E-state index is 12.7. The number of hydrogen-bond acceptors (Lipinski definition) is 4.